The van der Waals surface area contributed by atoms with Gasteiger partial charge in [-0.2, -0.15) is 0 Å². The average molecular weight is 183 g/mol. The molecule has 1 aromatic rings. The Bertz CT molecular complexity index is 374. The fraction of sp³-hybridized carbons (Fsp3) is 0.222. The molecule has 3 N–H and O–H groups in total. The molecule has 0 aliphatic rings. The Labute approximate surface area is 75.0 Å². The number of carboxylic acid groups (broad SMARTS) is 1. The van der Waals surface area contributed by atoms with E-state index >= 15 is 0 Å². The first-order valence-electron chi connectivity index (χ1n) is 3.73. The van der Waals surface area contributed by atoms with Gasteiger partial charge in [0.1, 0.15) is 5.82 Å². The maximum Gasteiger partial charge on any atom is 0.337 e. The molecule has 0 heterocycles. The molecule has 0 aliphatic heterocycles. The minimum Gasteiger partial charge on any atom is -0.478 e. The van der Waals surface area contributed by atoms with Crippen molar-refractivity contribution in [1.82, 2.24) is 0 Å². The second-order valence-corrected chi connectivity index (χ2v) is 2.87. The van der Waals surface area contributed by atoms with Gasteiger partial charge in [-0.1, -0.05) is 0 Å². The van der Waals surface area contributed by atoms with Crippen LogP contribution in [0.5, 0.6) is 0 Å². The number of hydrogen-bond acceptors (Lipinski definition) is 2. The van der Waals surface area contributed by atoms with Crippen molar-refractivity contribution in [2.45, 2.75) is 13.8 Å². The molecule has 3 nitrogen and oxygen atoms in total. The zero-order valence-electron chi connectivity index (χ0n) is 7.39. The first-order valence-corrected chi connectivity index (χ1v) is 3.73. The maximum atomic E-state index is 13.1. The van der Waals surface area contributed by atoms with Crippen molar-refractivity contribution in [2.75, 3.05) is 5.73 Å². The summed E-state index contributed by atoms with van der Waals surface area (Å²) >= 11 is 0. The van der Waals surface area contributed by atoms with Crippen LogP contribution in [0.3, 0.4) is 0 Å². The molecule has 0 atom stereocenters. The van der Waals surface area contributed by atoms with Gasteiger partial charge in [0.05, 0.1) is 5.56 Å². The van der Waals surface area contributed by atoms with Crippen molar-refractivity contribution in [3.8, 4) is 0 Å². The third-order valence-electron chi connectivity index (χ3n) is 2.12. The van der Waals surface area contributed by atoms with Gasteiger partial charge in [0.15, 0.2) is 0 Å². The lowest BCUT2D eigenvalue weighted by Crippen LogP contribution is -2.06. The number of carboxylic acids is 1. The van der Waals surface area contributed by atoms with E-state index < -0.39 is 11.8 Å². The fourth-order valence-electron chi connectivity index (χ4n) is 1.07. The zero-order chi connectivity index (χ0) is 10.2. The molecule has 13 heavy (non-hydrogen) atoms. The summed E-state index contributed by atoms with van der Waals surface area (Å²) in [5, 5.41) is 8.66. The van der Waals surface area contributed by atoms with E-state index in [-0.39, 0.29) is 11.3 Å². The molecule has 0 fully saturated rings. The summed E-state index contributed by atoms with van der Waals surface area (Å²) in [6, 6.07) is 0.944. The largest absolute Gasteiger partial charge is 0.478 e. The van der Waals surface area contributed by atoms with Crippen LogP contribution >= 0.6 is 0 Å². The lowest BCUT2D eigenvalue weighted by atomic mass is 10.0. The van der Waals surface area contributed by atoms with Crippen molar-refractivity contribution in [3.05, 3.63) is 28.6 Å². The second-order valence-electron chi connectivity index (χ2n) is 2.87. The number of rotatable bonds is 1. The second kappa shape index (κ2) is 3.05. The van der Waals surface area contributed by atoms with E-state index in [1.54, 1.807) is 13.8 Å². The van der Waals surface area contributed by atoms with Crippen LogP contribution < -0.4 is 5.73 Å². The van der Waals surface area contributed by atoms with Crippen molar-refractivity contribution < 1.29 is 14.3 Å². The summed E-state index contributed by atoms with van der Waals surface area (Å²) in [5.41, 5.74) is 6.33. The number of anilines is 1. The van der Waals surface area contributed by atoms with Crippen LogP contribution in [0, 0.1) is 19.7 Å². The van der Waals surface area contributed by atoms with Gasteiger partial charge in [-0.15, -0.1) is 0 Å². The van der Waals surface area contributed by atoms with E-state index in [0.29, 0.717) is 11.1 Å². The minimum absolute atomic E-state index is 0.131. The van der Waals surface area contributed by atoms with Gasteiger partial charge in [0.2, 0.25) is 0 Å². The van der Waals surface area contributed by atoms with Crippen LogP contribution in [-0.2, 0) is 0 Å². The average Bonchev–Trinajstić information content (AvgIpc) is 2.07. The monoisotopic (exact) mass is 183 g/mol. The molecule has 0 radical (unpaired) electrons. The predicted molar refractivity (Wildman–Crippen MR) is 47.2 cm³/mol. The van der Waals surface area contributed by atoms with Gasteiger partial charge in [-0.05, 0) is 31.0 Å². The quantitative estimate of drug-likeness (QED) is 0.651. The van der Waals surface area contributed by atoms with E-state index in [9.17, 15) is 9.18 Å². The highest BCUT2D eigenvalue weighted by atomic mass is 19.1. The summed E-state index contributed by atoms with van der Waals surface area (Å²) in [7, 11) is 0. The molecule has 0 unspecified atom stereocenters. The summed E-state index contributed by atoms with van der Waals surface area (Å²) in [4.78, 5) is 10.6. The van der Waals surface area contributed by atoms with Crippen molar-refractivity contribution in [3.63, 3.8) is 0 Å². The van der Waals surface area contributed by atoms with E-state index in [1.807, 2.05) is 0 Å². The third kappa shape index (κ3) is 1.47. The van der Waals surface area contributed by atoms with E-state index in [2.05, 4.69) is 0 Å². The van der Waals surface area contributed by atoms with E-state index in [0.717, 1.165) is 6.07 Å². The molecule has 1 aromatic carbocycles. The summed E-state index contributed by atoms with van der Waals surface area (Å²) in [6.07, 6.45) is 0. The molecule has 0 bridgehead atoms. The topological polar surface area (TPSA) is 63.3 Å². The number of hydrogen-bond donors (Lipinski definition) is 2. The Kier molecular flexibility index (Phi) is 2.23. The zero-order valence-corrected chi connectivity index (χ0v) is 7.39. The fourth-order valence-corrected chi connectivity index (χ4v) is 1.07. The first kappa shape index (κ1) is 9.51. The van der Waals surface area contributed by atoms with Gasteiger partial charge in [-0.3, -0.25) is 0 Å². The van der Waals surface area contributed by atoms with Crippen LogP contribution in [-0.4, -0.2) is 11.1 Å². The number of carbonyl (C=O) groups is 1. The maximum absolute atomic E-state index is 13.1. The van der Waals surface area contributed by atoms with Gasteiger partial charge in [-0.25, -0.2) is 9.18 Å². The molecule has 0 aromatic heterocycles. The molecule has 1 rings (SSSR count). The molecule has 0 spiro atoms. The molecular weight excluding hydrogens is 173 g/mol. The minimum atomic E-state index is -1.21. The highest BCUT2D eigenvalue weighted by molar-refractivity contribution is 5.94. The van der Waals surface area contributed by atoms with Crippen molar-refractivity contribution >= 4 is 11.7 Å². The van der Waals surface area contributed by atoms with Gasteiger partial charge < -0.3 is 10.8 Å². The molecule has 0 saturated carbocycles. The number of aromatic carboxylic acids is 1. The van der Waals surface area contributed by atoms with Gasteiger partial charge in [0.25, 0.3) is 0 Å². The normalized spacial score (nSPS) is 10.1. The Balaban J connectivity index is 3.50. The first-order chi connectivity index (χ1) is 5.95. The van der Waals surface area contributed by atoms with Crippen LogP contribution in [0.4, 0.5) is 10.1 Å². The smallest absolute Gasteiger partial charge is 0.337 e. The molecule has 70 valence electrons. The summed E-state index contributed by atoms with van der Waals surface area (Å²) in [6.45, 7) is 3.16. The van der Waals surface area contributed by atoms with Gasteiger partial charge >= 0.3 is 5.97 Å². The van der Waals surface area contributed by atoms with Crippen molar-refractivity contribution in [2.24, 2.45) is 0 Å². The molecular formula is C9H10FNO2. The molecule has 4 heteroatoms. The predicted octanol–water partition coefficient (Wildman–Crippen LogP) is 1.72. The van der Waals surface area contributed by atoms with Crippen LogP contribution in [0.1, 0.15) is 21.5 Å². The standard InChI is InChI=1S/C9H10FNO2/c1-4-5(2)8(11)6(9(12)13)3-7(4)10/h3H,11H2,1-2H3,(H,12,13). The van der Waals surface area contributed by atoms with Crippen LogP contribution in [0.25, 0.3) is 0 Å². The van der Waals surface area contributed by atoms with E-state index in [4.69, 9.17) is 10.8 Å². The molecule has 0 aliphatic carbocycles. The highest BCUT2D eigenvalue weighted by Gasteiger charge is 2.14. The van der Waals surface area contributed by atoms with Crippen LogP contribution in [0.2, 0.25) is 0 Å². The molecule has 0 amide bonds. The summed E-state index contributed by atoms with van der Waals surface area (Å²) in [5.74, 6) is -1.75. The Morgan fingerprint density at radius 3 is 2.46 bits per heavy atom. The lowest BCUT2D eigenvalue weighted by Gasteiger charge is -2.08. The number of nitrogens with two attached hydrogens (primary N) is 1. The number of benzene rings is 1. The molecule has 0 saturated heterocycles. The van der Waals surface area contributed by atoms with Gasteiger partial charge in [0, 0.05) is 5.69 Å². The van der Waals surface area contributed by atoms with E-state index in [1.165, 1.54) is 0 Å². The SMILES string of the molecule is Cc1c(F)cc(C(=O)O)c(N)c1C. The Hall–Kier alpha value is -1.58. The van der Waals surface area contributed by atoms with Crippen LogP contribution in [0.15, 0.2) is 6.07 Å². The summed E-state index contributed by atoms with van der Waals surface area (Å²) < 4.78 is 13.1. The number of nitrogen functional groups attached to an aromatic ring is 1. The Morgan fingerprint density at radius 1 is 1.46 bits per heavy atom. The van der Waals surface area contributed by atoms with Crippen molar-refractivity contribution in [1.29, 1.82) is 0 Å². The highest BCUT2D eigenvalue weighted by Crippen LogP contribution is 2.23. The number of halogens is 1. The Morgan fingerprint density at radius 2 is 2.00 bits per heavy atom. The third-order valence-corrected chi connectivity index (χ3v) is 2.12. The lowest BCUT2D eigenvalue weighted by molar-refractivity contribution is 0.0697.